The number of rotatable bonds is 4. The van der Waals surface area contributed by atoms with Gasteiger partial charge in [0, 0.05) is 5.88 Å². The lowest BCUT2D eigenvalue weighted by molar-refractivity contribution is 1.18. The summed E-state index contributed by atoms with van der Waals surface area (Å²) in [5, 5.41) is 0. The molecule has 1 rings (SSSR count). The van der Waals surface area contributed by atoms with E-state index in [1.807, 2.05) is 6.07 Å². The molecule has 0 N–H and O–H groups in total. The molecular formula is C11H13Cl. The molecule has 0 heterocycles. The Labute approximate surface area is 78.9 Å². The zero-order valence-electron chi connectivity index (χ0n) is 7.04. The number of hydrogen-bond donors (Lipinski definition) is 0. The molecule has 0 bridgehead atoms. The molecule has 12 heavy (non-hydrogen) atoms. The van der Waals surface area contributed by atoms with Crippen molar-refractivity contribution in [3.8, 4) is 0 Å². The predicted molar refractivity (Wildman–Crippen MR) is 54.6 cm³/mol. The van der Waals surface area contributed by atoms with E-state index >= 15 is 0 Å². The van der Waals surface area contributed by atoms with Crippen molar-refractivity contribution in [2.24, 2.45) is 0 Å². The highest BCUT2D eigenvalue weighted by Gasteiger charge is 1.84. The second kappa shape index (κ2) is 5.84. The first-order valence-corrected chi connectivity index (χ1v) is 4.72. The molecule has 1 heteroatoms. The Morgan fingerprint density at radius 3 is 2.50 bits per heavy atom. The highest BCUT2D eigenvalue weighted by Crippen LogP contribution is 2.00. The molecule has 0 aromatic heterocycles. The van der Waals surface area contributed by atoms with E-state index in [0.29, 0.717) is 5.88 Å². The van der Waals surface area contributed by atoms with Gasteiger partial charge in [-0.2, -0.15) is 0 Å². The second-order valence-corrected chi connectivity index (χ2v) is 3.02. The lowest BCUT2D eigenvalue weighted by Gasteiger charge is -1.93. The molecule has 0 amide bonds. The van der Waals surface area contributed by atoms with E-state index in [2.05, 4.69) is 36.4 Å². The fourth-order valence-electron chi connectivity index (χ4n) is 1.01. The van der Waals surface area contributed by atoms with Crippen LogP contribution in [0.4, 0.5) is 0 Å². The van der Waals surface area contributed by atoms with Crippen molar-refractivity contribution in [1.29, 1.82) is 0 Å². The van der Waals surface area contributed by atoms with Gasteiger partial charge in [-0.15, -0.1) is 11.6 Å². The minimum absolute atomic E-state index is 0.714. The Morgan fingerprint density at radius 2 is 1.83 bits per heavy atom. The first kappa shape index (κ1) is 9.34. The highest BCUT2D eigenvalue weighted by molar-refractivity contribution is 6.17. The van der Waals surface area contributed by atoms with Crippen molar-refractivity contribution >= 4 is 11.6 Å². The molecule has 0 unspecified atom stereocenters. The molecule has 64 valence electrons. The Morgan fingerprint density at radius 1 is 1.08 bits per heavy atom. The molecule has 0 aliphatic carbocycles. The van der Waals surface area contributed by atoms with Crippen LogP contribution in [-0.2, 0) is 6.42 Å². The van der Waals surface area contributed by atoms with E-state index in [1.165, 1.54) is 5.56 Å². The van der Waals surface area contributed by atoms with Gasteiger partial charge in [0.1, 0.15) is 0 Å². The quantitative estimate of drug-likeness (QED) is 0.492. The summed E-state index contributed by atoms with van der Waals surface area (Å²) >= 11 is 5.53. The van der Waals surface area contributed by atoms with E-state index in [0.717, 1.165) is 12.8 Å². The van der Waals surface area contributed by atoms with Gasteiger partial charge in [0.25, 0.3) is 0 Å². The van der Waals surface area contributed by atoms with Crippen LogP contribution in [0.25, 0.3) is 0 Å². The highest BCUT2D eigenvalue weighted by atomic mass is 35.5. The Hall–Kier alpha value is -0.750. The molecule has 1 aromatic rings. The number of halogens is 1. The standard InChI is InChI=1S/C11H13Cl/c12-10-6-2-5-9-11-7-3-1-4-8-11/h1-5,7-8H,6,9-10H2. The number of allylic oxidation sites excluding steroid dienone is 2. The van der Waals surface area contributed by atoms with Crippen LogP contribution in [0.5, 0.6) is 0 Å². The Kier molecular flexibility index (Phi) is 4.55. The van der Waals surface area contributed by atoms with E-state index in [-0.39, 0.29) is 0 Å². The maximum Gasteiger partial charge on any atom is 0.0258 e. The molecule has 0 radical (unpaired) electrons. The summed E-state index contributed by atoms with van der Waals surface area (Å²) in [6, 6.07) is 10.4. The van der Waals surface area contributed by atoms with Gasteiger partial charge in [-0.1, -0.05) is 42.5 Å². The van der Waals surface area contributed by atoms with Gasteiger partial charge >= 0.3 is 0 Å². The normalized spacial score (nSPS) is 10.8. The molecule has 0 fully saturated rings. The van der Waals surface area contributed by atoms with Crippen molar-refractivity contribution in [2.75, 3.05) is 5.88 Å². The fraction of sp³-hybridized carbons (Fsp3) is 0.273. The Bertz CT molecular complexity index is 226. The van der Waals surface area contributed by atoms with Crippen LogP contribution in [0.2, 0.25) is 0 Å². The summed E-state index contributed by atoms with van der Waals surface area (Å²) in [5.41, 5.74) is 1.35. The summed E-state index contributed by atoms with van der Waals surface area (Å²) in [4.78, 5) is 0. The van der Waals surface area contributed by atoms with Crippen LogP contribution < -0.4 is 0 Å². The van der Waals surface area contributed by atoms with Crippen LogP contribution in [0, 0.1) is 0 Å². The summed E-state index contributed by atoms with van der Waals surface area (Å²) < 4.78 is 0. The van der Waals surface area contributed by atoms with Gasteiger partial charge in [-0.05, 0) is 18.4 Å². The van der Waals surface area contributed by atoms with Gasteiger partial charge in [0.2, 0.25) is 0 Å². The van der Waals surface area contributed by atoms with Crippen LogP contribution in [0.3, 0.4) is 0 Å². The average Bonchev–Trinajstić information content (AvgIpc) is 2.14. The zero-order chi connectivity index (χ0) is 8.65. The third-order valence-electron chi connectivity index (χ3n) is 1.64. The number of alkyl halides is 1. The monoisotopic (exact) mass is 180 g/mol. The minimum atomic E-state index is 0.714. The van der Waals surface area contributed by atoms with Crippen LogP contribution in [0.1, 0.15) is 12.0 Å². The van der Waals surface area contributed by atoms with E-state index in [1.54, 1.807) is 0 Å². The Balaban J connectivity index is 2.33. The summed E-state index contributed by atoms with van der Waals surface area (Å²) in [6.45, 7) is 0. The van der Waals surface area contributed by atoms with Crippen LogP contribution >= 0.6 is 11.6 Å². The van der Waals surface area contributed by atoms with Gasteiger partial charge in [0.15, 0.2) is 0 Å². The first-order chi connectivity index (χ1) is 5.93. The average molecular weight is 181 g/mol. The molecule has 0 aliphatic heterocycles. The maximum absolute atomic E-state index is 5.53. The fourth-order valence-corrected chi connectivity index (χ4v) is 1.14. The molecule has 1 aromatic carbocycles. The van der Waals surface area contributed by atoms with Crippen molar-refractivity contribution in [2.45, 2.75) is 12.8 Å². The number of hydrogen-bond acceptors (Lipinski definition) is 0. The first-order valence-electron chi connectivity index (χ1n) is 4.18. The molecule has 0 nitrogen and oxygen atoms in total. The van der Waals surface area contributed by atoms with Crippen molar-refractivity contribution in [3.63, 3.8) is 0 Å². The van der Waals surface area contributed by atoms with E-state index < -0.39 is 0 Å². The van der Waals surface area contributed by atoms with Crippen molar-refractivity contribution in [3.05, 3.63) is 48.0 Å². The largest absolute Gasteiger partial charge is 0.126 e. The predicted octanol–water partition coefficient (Wildman–Crippen LogP) is 3.41. The number of benzene rings is 1. The molecule has 0 aliphatic rings. The van der Waals surface area contributed by atoms with Crippen molar-refractivity contribution in [1.82, 2.24) is 0 Å². The molecule has 0 atom stereocenters. The van der Waals surface area contributed by atoms with E-state index in [4.69, 9.17) is 11.6 Å². The summed E-state index contributed by atoms with van der Waals surface area (Å²) in [7, 11) is 0. The van der Waals surface area contributed by atoms with Gasteiger partial charge < -0.3 is 0 Å². The lowest BCUT2D eigenvalue weighted by atomic mass is 10.1. The molecule has 0 saturated heterocycles. The summed E-state index contributed by atoms with van der Waals surface area (Å²) in [6.07, 6.45) is 6.27. The molecular weight excluding hydrogens is 168 g/mol. The van der Waals surface area contributed by atoms with Crippen molar-refractivity contribution < 1.29 is 0 Å². The van der Waals surface area contributed by atoms with Gasteiger partial charge in [-0.3, -0.25) is 0 Å². The van der Waals surface area contributed by atoms with Crippen LogP contribution in [0.15, 0.2) is 42.5 Å². The SMILES string of the molecule is ClCCC=CCc1ccccc1. The maximum atomic E-state index is 5.53. The van der Waals surface area contributed by atoms with Gasteiger partial charge in [-0.25, -0.2) is 0 Å². The smallest absolute Gasteiger partial charge is 0.0258 e. The third kappa shape index (κ3) is 3.59. The zero-order valence-corrected chi connectivity index (χ0v) is 7.80. The second-order valence-electron chi connectivity index (χ2n) is 2.64. The summed E-state index contributed by atoms with van der Waals surface area (Å²) in [5.74, 6) is 0.714. The van der Waals surface area contributed by atoms with E-state index in [9.17, 15) is 0 Å². The van der Waals surface area contributed by atoms with Crippen LogP contribution in [-0.4, -0.2) is 5.88 Å². The van der Waals surface area contributed by atoms with Gasteiger partial charge in [0.05, 0.1) is 0 Å². The topological polar surface area (TPSA) is 0 Å². The lowest BCUT2D eigenvalue weighted by Crippen LogP contribution is -1.78. The molecule has 0 spiro atoms. The minimum Gasteiger partial charge on any atom is -0.126 e. The molecule has 0 saturated carbocycles. The third-order valence-corrected chi connectivity index (χ3v) is 1.86.